The largest absolute Gasteiger partial charge is 0.497 e. The maximum Gasteiger partial charge on any atom is 0.252 e. The number of amides is 1. The molecule has 8 nitrogen and oxygen atoms in total. The highest BCUT2D eigenvalue weighted by molar-refractivity contribution is 14.0. The van der Waals surface area contributed by atoms with Crippen molar-refractivity contribution in [1.82, 2.24) is 20.5 Å². The molecule has 0 spiro atoms. The van der Waals surface area contributed by atoms with Gasteiger partial charge in [-0.3, -0.25) is 14.8 Å². The topological polar surface area (TPSA) is 82.1 Å². The summed E-state index contributed by atoms with van der Waals surface area (Å²) in [5.41, 5.74) is 1.76. The summed E-state index contributed by atoms with van der Waals surface area (Å²) >= 11 is 0. The van der Waals surface area contributed by atoms with Crippen molar-refractivity contribution in [2.24, 2.45) is 4.99 Å². The van der Waals surface area contributed by atoms with Crippen molar-refractivity contribution in [1.29, 1.82) is 0 Å². The molecule has 0 unspecified atom stereocenters. The number of pyridine rings is 1. The van der Waals surface area contributed by atoms with E-state index in [4.69, 9.17) is 4.74 Å². The highest BCUT2D eigenvalue weighted by Crippen LogP contribution is 2.20. The van der Waals surface area contributed by atoms with Crippen molar-refractivity contribution in [3.63, 3.8) is 0 Å². The lowest BCUT2D eigenvalue weighted by Crippen LogP contribution is -2.52. The standard InChI is InChI=1S/C22H30N6O2.HI/c1-3-24-22(26-12-11-25-21(29)18-5-4-10-23-17-18)28-15-13-27(14-16-28)19-6-8-20(30-2)9-7-19;/h4-10,17H,3,11-16H2,1-2H3,(H,24,26)(H,25,29);1H. The molecule has 0 aliphatic carbocycles. The Morgan fingerprint density at radius 2 is 1.87 bits per heavy atom. The first-order valence-electron chi connectivity index (χ1n) is 10.3. The summed E-state index contributed by atoms with van der Waals surface area (Å²) in [4.78, 5) is 25.4. The first-order valence-corrected chi connectivity index (χ1v) is 10.3. The number of nitrogens with zero attached hydrogens (tertiary/aromatic N) is 4. The van der Waals surface area contributed by atoms with Gasteiger partial charge in [-0.25, -0.2) is 0 Å². The highest BCUT2D eigenvalue weighted by atomic mass is 127. The van der Waals surface area contributed by atoms with Gasteiger partial charge in [0.15, 0.2) is 5.96 Å². The minimum Gasteiger partial charge on any atom is -0.497 e. The third-order valence-electron chi connectivity index (χ3n) is 4.93. The Labute approximate surface area is 201 Å². The predicted molar refractivity (Wildman–Crippen MR) is 135 cm³/mol. The molecule has 1 aliphatic heterocycles. The summed E-state index contributed by atoms with van der Waals surface area (Å²) in [5.74, 6) is 1.63. The van der Waals surface area contributed by atoms with Gasteiger partial charge in [-0.15, -0.1) is 24.0 Å². The van der Waals surface area contributed by atoms with E-state index >= 15 is 0 Å². The number of hydrogen-bond donors (Lipinski definition) is 2. The van der Waals surface area contributed by atoms with E-state index in [1.165, 1.54) is 5.69 Å². The Morgan fingerprint density at radius 3 is 2.48 bits per heavy atom. The predicted octanol–water partition coefficient (Wildman–Crippen LogP) is 2.23. The summed E-state index contributed by atoms with van der Waals surface area (Å²) in [5, 5.41) is 6.25. The molecule has 1 aromatic carbocycles. The molecule has 31 heavy (non-hydrogen) atoms. The van der Waals surface area contributed by atoms with Gasteiger partial charge in [0, 0.05) is 57.3 Å². The zero-order valence-electron chi connectivity index (χ0n) is 18.1. The molecule has 9 heteroatoms. The van der Waals surface area contributed by atoms with Crippen LogP contribution in [0.15, 0.2) is 53.8 Å². The minimum absolute atomic E-state index is 0. The smallest absolute Gasteiger partial charge is 0.252 e. The van der Waals surface area contributed by atoms with Gasteiger partial charge in [-0.05, 0) is 43.3 Å². The summed E-state index contributed by atoms with van der Waals surface area (Å²) in [6.07, 6.45) is 3.21. The summed E-state index contributed by atoms with van der Waals surface area (Å²) in [7, 11) is 1.68. The fourth-order valence-electron chi connectivity index (χ4n) is 3.33. The van der Waals surface area contributed by atoms with Crippen LogP contribution in [0.1, 0.15) is 17.3 Å². The number of carbonyl (C=O) groups excluding carboxylic acids is 1. The molecule has 2 aromatic rings. The zero-order chi connectivity index (χ0) is 21.2. The number of aromatic nitrogens is 1. The molecule has 2 N–H and O–H groups in total. The molecule has 0 bridgehead atoms. The first kappa shape index (κ1) is 24.7. The number of hydrogen-bond acceptors (Lipinski definition) is 5. The van der Waals surface area contributed by atoms with E-state index in [1.807, 2.05) is 12.1 Å². The number of ether oxygens (including phenoxy) is 1. The van der Waals surface area contributed by atoms with Gasteiger partial charge in [0.05, 0.1) is 19.2 Å². The van der Waals surface area contributed by atoms with E-state index < -0.39 is 0 Å². The average molecular weight is 538 g/mol. The molecule has 0 saturated carbocycles. The van der Waals surface area contributed by atoms with Crippen LogP contribution in [0.2, 0.25) is 0 Å². The van der Waals surface area contributed by atoms with E-state index in [9.17, 15) is 4.79 Å². The second-order valence-corrected chi connectivity index (χ2v) is 6.91. The van der Waals surface area contributed by atoms with Crippen LogP contribution in [0, 0.1) is 0 Å². The summed E-state index contributed by atoms with van der Waals surface area (Å²) in [6.45, 7) is 7.50. The third-order valence-corrected chi connectivity index (χ3v) is 4.93. The molecule has 1 amide bonds. The van der Waals surface area contributed by atoms with Gasteiger partial charge < -0.3 is 25.2 Å². The van der Waals surface area contributed by atoms with E-state index in [1.54, 1.807) is 31.6 Å². The lowest BCUT2D eigenvalue weighted by atomic mass is 10.2. The van der Waals surface area contributed by atoms with Crippen LogP contribution < -0.4 is 20.3 Å². The monoisotopic (exact) mass is 538 g/mol. The van der Waals surface area contributed by atoms with E-state index in [0.717, 1.165) is 44.4 Å². The molecule has 1 aliphatic rings. The highest BCUT2D eigenvalue weighted by Gasteiger charge is 2.19. The summed E-state index contributed by atoms with van der Waals surface area (Å²) < 4.78 is 5.24. The Balaban J connectivity index is 0.00000341. The molecule has 1 aromatic heterocycles. The number of guanidine groups is 1. The van der Waals surface area contributed by atoms with Crippen LogP contribution in [-0.2, 0) is 0 Å². The second kappa shape index (κ2) is 13.0. The van der Waals surface area contributed by atoms with Crippen LogP contribution in [0.4, 0.5) is 5.69 Å². The molecular weight excluding hydrogens is 507 g/mol. The zero-order valence-corrected chi connectivity index (χ0v) is 20.4. The Hall–Kier alpha value is -2.56. The molecule has 3 rings (SSSR count). The Morgan fingerprint density at radius 1 is 1.13 bits per heavy atom. The van der Waals surface area contributed by atoms with Gasteiger partial charge in [0.25, 0.3) is 5.91 Å². The van der Waals surface area contributed by atoms with Crippen molar-refractivity contribution in [2.75, 3.05) is 57.8 Å². The van der Waals surface area contributed by atoms with E-state index in [0.29, 0.717) is 18.7 Å². The maximum absolute atomic E-state index is 12.1. The molecule has 0 radical (unpaired) electrons. The van der Waals surface area contributed by atoms with Crippen molar-refractivity contribution in [2.45, 2.75) is 6.92 Å². The van der Waals surface area contributed by atoms with Gasteiger partial charge in [-0.2, -0.15) is 0 Å². The van der Waals surface area contributed by atoms with Gasteiger partial charge in [0.1, 0.15) is 5.75 Å². The Bertz CT molecular complexity index is 824. The van der Waals surface area contributed by atoms with Crippen molar-refractivity contribution in [3.8, 4) is 5.75 Å². The van der Waals surface area contributed by atoms with Crippen LogP contribution >= 0.6 is 24.0 Å². The molecule has 168 valence electrons. The fourth-order valence-corrected chi connectivity index (χ4v) is 3.33. The van der Waals surface area contributed by atoms with E-state index in [-0.39, 0.29) is 29.9 Å². The van der Waals surface area contributed by atoms with Crippen molar-refractivity contribution < 1.29 is 9.53 Å². The first-order chi connectivity index (χ1) is 14.7. The third kappa shape index (κ3) is 7.27. The fraction of sp³-hybridized carbons (Fsp3) is 0.409. The number of halogens is 1. The van der Waals surface area contributed by atoms with Crippen molar-refractivity contribution >= 4 is 41.5 Å². The maximum atomic E-state index is 12.1. The van der Waals surface area contributed by atoms with Gasteiger partial charge in [-0.1, -0.05) is 0 Å². The van der Waals surface area contributed by atoms with Crippen LogP contribution in [0.5, 0.6) is 5.75 Å². The number of piperazine rings is 1. The van der Waals surface area contributed by atoms with Gasteiger partial charge >= 0.3 is 0 Å². The van der Waals surface area contributed by atoms with Crippen LogP contribution in [-0.4, -0.2) is 74.7 Å². The quantitative estimate of drug-likeness (QED) is 0.244. The number of rotatable bonds is 7. The van der Waals surface area contributed by atoms with E-state index in [2.05, 4.69) is 49.5 Å². The number of methoxy groups -OCH3 is 1. The lowest BCUT2D eigenvalue weighted by molar-refractivity contribution is 0.0954. The van der Waals surface area contributed by atoms with Crippen molar-refractivity contribution in [3.05, 3.63) is 54.4 Å². The molecule has 0 atom stereocenters. The lowest BCUT2D eigenvalue weighted by Gasteiger charge is -2.37. The van der Waals surface area contributed by atoms with Gasteiger partial charge in [0.2, 0.25) is 0 Å². The normalized spacial score (nSPS) is 13.9. The van der Waals surface area contributed by atoms with Crippen LogP contribution in [0.3, 0.4) is 0 Å². The second-order valence-electron chi connectivity index (χ2n) is 6.91. The number of benzene rings is 1. The number of nitrogens with one attached hydrogen (secondary N) is 2. The SMILES string of the molecule is CCNC(=NCCNC(=O)c1cccnc1)N1CCN(c2ccc(OC)cc2)CC1.I. The Kier molecular flexibility index (Phi) is 10.3. The number of anilines is 1. The molecule has 2 heterocycles. The minimum atomic E-state index is -0.128. The number of carbonyl (C=O) groups is 1. The number of aliphatic imine (C=N–C) groups is 1. The molecular formula is C22H31IN6O2. The molecule has 1 fully saturated rings. The summed E-state index contributed by atoms with van der Waals surface area (Å²) in [6, 6.07) is 11.7. The molecule has 1 saturated heterocycles. The average Bonchev–Trinajstić information content (AvgIpc) is 2.81. The van der Waals surface area contributed by atoms with Crippen LogP contribution in [0.25, 0.3) is 0 Å².